The summed E-state index contributed by atoms with van der Waals surface area (Å²) >= 11 is 0. The molecule has 1 amide bonds. The Hall–Kier alpha value is -2.37. The SMILES string of the molecule is CCc1nc2cc(C(=O)O)ccc2n1CC(=O)NC1CC1. The second-order valence-corrected chi connectivity index (χ2v) is 5.32. The largest absolute Gasteiger partial charge is 0.478 e. The van der Waals surface area contributed by atoms with Crippen LogP contribution in [0.5, 0.6) is 0 Å². The number of carboxylic acids is 1. The van der Waals surface area contributed by atoms with Crippen molar-refractivity contribution in [2.24, 2.45) is 0 Å². The standard InChI is InChI=1S/C15H17N3O3/c1-2-13-17-11-7-9(15(20)21)3-6-12(11)18(13)8-14(19)16-10-4-5-10/h3,6-7,10H,2,4-5,8H2,1H3,(H,16,19)(H,20,21). The van der Waals surface area contributed by atoms with Gasteiger partial charge in [-0.05, 0) is 31.0 Å². The summed E-state index contributed by atoms with van der Waals surface area (Å²) in [5.74, 6) is -0.205. The minimum Gasteiger partial charge on any atom is -0.478 e. The lowest BCUT2D eigenvalue weighted by Gasteiger charge is -2.08. The van der Waals surface area contributed by atoms with Crippen LogP contribution in [0.25, 0.3) is 11.0 Å². The number of benzene rings is 1. The Balaban J connectivity index is 1.95. The zero-order valence-electron chi connectivity index (χ0n) is 11.8. The number of fused-ring (bicyclic) bond motifs is 1. The Kier molecular flexibility index (Phi) is 3.37. The van der Waals surface area contributed by atoms with Gasteiger partial charge in [-0.15, -0.1) is 0 Å². The number of hydrogen-bond donors (Lipinski definition) is 2. The summed E-state index contributed by atoms with van der Waals surface area (Å²) in [5.41, 5.74) is 1.62. The third kappa shape index (κ3) is 2.74. The first kappa shape index (κ1) is 13.6. The Morgan fingerprint density at radius 3 is 2.81 bits per heavy atom. The summed E-state index contributed by atoms with van der Waals surface area (Å²) in [7, 11) is 0. The molecule has 0 saturated heterocycles. The fourth-order valence-electron chi connectivity index (χ4n) is 2.40. The summed E-state index contributed by atoms with van der Waals surface area (Å²) < 4.78 is 1.86. The predicted octanol–water partition coefficient (Wildman–Crippen LogP) is 1.58. The van der Waals surface area contributed by atoms with Crippen molar-refractivity contribution in [2.75, 3.05) is 0 Å². The quantitative estimate of drug-likeness (QED) is 0.874. The normalized spacial score (nSPS) is 14.3. The molecule has 1 saturated carbocycles. The molecule has 2 N–H and O–H groups in total. The first-order chi connectivity index (χ1) is 10.1. The summed E-state index contributed by atoms with van der Waals surface area (Å²) in [6, 6.07) is 5.14. The van der Waals surface area contributed by atoms with Crippen LogP contribution in [0.1, 0.15) is 35.9 Å². The molecule has 0 atom stereocenters. The average molecular weight is 287 g/mol. The van der Waals surface area contributed by atoms with Crippen molar-refractivity contribution in [3.05, 3.63) is 29.6 Å². The molecular weight excluding hydrogens is 270 g/mol. The molecule has 0 spiro atoms. The van der Waals surface area contributed by atoms with Crippen molar-refractivity contribution in [3.8, 4) is 0 Å². The van der Waals surface area contributed by atoms with Crippen molar-refractivity contribution in [1.29, 1.82) is 0 Å². The first-order valence-electron chi connectivity index (χ1n) is 7.10. The van der Waals surface area contributed by atoms with E-state index < -0.39 is 5.97 Å². The van der Waals surface area contributed by atoms with E-state index in [-0.39, 0.29) is 18.0 Å². The molecule has 2 aromatic rings. The van der Waals surface area contributed by atoms with Crippen molar-refractivity contribution < 1.29 is 14.7 Å². The number of aromatic carboxylic acids is 1. The summed E-state index contributed by atoms with van der Waals surface area (Å²) in [6.45, 7) is 2.19. The minimum absolute atomic E-state index is 0.0196. The molecule has 6 heteroatoms. The smallest absolute Gasteiger partial charge is 0.335 e. The van der Waals surface area contributed by atoms with Gasteiger partial charge in [0, 0.05) is 12.5 Å². The van der Waals surface area contributed by atoms with Crippen LogP contribution in [0.2, 0.25) is 0 Å². The van der Waals surface area contributed by atoms with Gasteiger partial charge in [0.1, 0.15) is 12.4 Å². The monoisotopic (exact) mass is 287 g/mol. The van der Waals surface area contributed by atoms with Crippen molar-refractivity contribution in [2.45, 2.75) is 38.8 Å². The Morgan fingerprint density at radius 1 is 1.43 bits per heavy atom. The van der Waals surface area contributed by atoms with Crippen molar-refractivity contribution in [1.82, 2.24) is 14.9 Å². The molecule has 1 heterocycles. The summed E-state index contributed by atoms with van der Waals surface area (Å²) in [6.07, 6.45) is 2.80. The van der Waals surface area contributed by atoms with Crippen LogP contribution in [0.3, 0.4) is 0 Å². The van der Waals surface area contributed by atoms with Crippen molar-refractivity contribution >= 4 is 22.9 Å². The summed E-state index contributed by atoms with van der Waals surface area (Å²) in [4.78, 5) is 27.4. The van der Waals surface area contributed by atoms with Gasteiger partial charge in [-0.2, -0.15) is 0 Å². The number of carbonyl (C=O) groups excluding carboxylic acids is 1. The minimum atomic E-state index is -0.976. The molecule has 1 aromatic carbocycles. The molecule has 6 nitrogen and oxygen atoms in total. The summed E-state index contributed by atoms with van der Waals surface area (Å²) in [5, 5.41) is 12.0. The molecule has 1 aliphatic carbocycles. The van der Waals surface area contributed by atoms with E-state index in [4.69, 9.17) is 5.11 Å². The lowest BCUT2D eigenvalue weighted by atomic mass is 10.2. The highest BCUT2D eigenvalue weighted by Crippen LogP contribution is 2.20. The van der Waals surface area contributed by atoms with Crippen LogP contribution >= 0.6 is 0 Å². The number of carbonyl (C=O) groups is 2. The van der Waals surface area contributed by atoms with Crippen LogP contribution in [0.15, 0.2) is 18.2 Å². The van der Waals surface area contributed by atoms with Gasteiger partial charge < -0.3 is 15.0 Å². The maximum atomic E-state index is 12.0. The van der Waals surface area contributed by atoms with Gasteiger partial charge in [0.25, 0.3) is 0 Å². The van der Waals surface area contributed by atoms with Gasteiger partial charge in [0.2, 0.25) is 5.91 Å². The van der Waals surface area contributed by atoms with Gasteiger partial charge in [0.15, 0.2) is 0 Å². The molecule has 0 aliphatic heterocycles. The number of aryl methyl sites for hydroxylation is 1. The fourth-order valence-corrected chi connectivity index (χ4v) is 2.40. The number of imidazole rings is 1. The van der Waals surface area contributed by atoms with E-state index in [0.29, 0.717) is 18.0 Å². The second-order valence-electron chi connectivity index (χ2n) is 5.32. The van der Waals surface area contributed by atoms with E-state index in [1.807, 2.05) is 11.5 Å². The van der Waals surface area contributed by atoms with Crippen LogP contribution in [0.4, 0.5) is 0 Å². The highest BCUT2D eigenvalue weighted by molar-refractivity contribution is 5.92. The average Bonchev–Trinajstić information content (AvgIpc) is 3.19. The van der Waals surface area contributed by atoms with Crippen LogP contribution in [0, 0.1) is 0 Å². The number of rotatable bonds is 5. The van der Waals surface area contributed by atoms with Crippen LogP contribution in [-0.4, -0.2) is 32.6 Å². The maximum absolute atomic E-state index is 12.0. The Labute approximate surface area is 121 Å². The van der Waals surface area contributed by atoms with E-state index >= 15 is 0 Å². The fraction of sp³-hybridized carbons (Fsp3) is 0.400. The third-order valence-corrected chi connectivity index (χ3v) is 3.63. The van der Waals surface area contributed by atoms with Gasteiger partial charge in [-0.1, -0.05) is 6.92 Å². The van der Waals surface area contributed by atoms with Gasteiger partial charge in [-0.25, -0.2) is 9.78 Å². The second kappa shape index (κ2) is 5.20. The van der Waals surface area contributed by atoms with Gasteiger partial charge in [0.05, 0.1) is 16.6 Å². The first-order valence-corrected chi connectivity index (χ1v) is 7.10. The third-order valence-electron chi connectivity index (χ3n) is 3.63. The predicted molar refractivity (Wildman–Crippen MR) is 77.2 cm³/mol. The van der Waals surface area contributed by atoms with E-state index in [0.717, 1.165) is 24.2 Å². The molecule has 0 unspecified atom stereocenters. The molecule has 0 radical (unpaired) electrons. The molecule has 1 aromatic heterocycles. The topological polar surface area (TPSA) is 84.2 Å². The van der Waals surface area contributed by atoms with E-state index in [9.17, 15) is 9.59 Å². The molecule has 0 bridgehead atoms. The number of carboxylic acid groups (broad SMARTS) is 1. The Morgan fingerprint density at radius 2 is 2.19 bits per heavy atom. The van der Waals surface area contributed by atoms with Gasteiger partial charge >= 0.3 is 5.97 Å². The molecule has 110 valence electrons. The zero-order chi connectivity index (χ0) is 15.0. The molecular formula is C15H17N3O3. The van der Waals surface area contributed by atoms with E-state index in [2.05, 4.69) is 10.3 Å². The van der Waals surface area contributed by atoms with E-state index in [1.165, 1.54) is 0 Å². The number of amides is 1. The lowest BCUT2D eigenvalue weighted by Crippen LogP contribution is -2.29. The molecule has 1 fully saturated rings. The highest BCUT2D eigenvalue weighted by atomic mass is 16.4. The van der Waals surface area contributed by atoms with Crippen LogP contribution < -0.4 is 5.32 Å². The molecule has 1 aliphatic rings. The zero-order valence-corrected chi connectivity index (χ0v) is 11.8. The van der Waals surface area contributed by atoms with E-state index in [1.54, 1.807) is 18.2 Å². The molecule has 21 heavy (non-hydrogen) atoms. The van der Waals surface area contributed by atoms with Crippen LogP contribution in [-0.2, 0) is 17.8 Å². The lowest BCUT2D eigenvalue weighted by molar-refractivity contribution is -0.121. The number of aromatic nitrogens is 2. The highest BCUT2D eigenvalue weighted by Gasteiger charge is 2.24. The number of nitrogens with one attached hydrogen (secondary N) is 1. The molecule has 3 rings (SSSR count). The van der Waals surface area contributed by atoms with Crippen molar-refractivity contribution in [3.63, 3.8) is 0 Å². The maximum Gasteiger partial charge on any atom is 0.335 e. The number of hydrogen-bond acceptors (Lipinski definition) is 3. The van der Waals surface area contributed by atoms with Gasteiger partial charge in [-0.3, -0.25) is 4.79 Å². The number of nitrogens with zero attached hydrogens (tertiary/aromatic N) is 2. The Bertz CT molecular complexity index is 716.